The normalized spacial score (nSPS) is 26.9. The van der Waals surface area contributed by atoms with Gasteiger partial charge < -0.3 is 5.11 Å². The van der Waals surface area contributed by atoms with Crippen molar-refractivity contribution in [1.29, 1.82) is 0 Å². The fourth-order valence-corrected chi connectivity index (χ4v) is 5.08. The van der Waals surface area contributed by atoms with Crippen molar-refractivity contribution in [3.8, 4) is 0 Å². The Balaban J connectivity index is 2.54. The fourth-order valence-electron chi connectivity index (χ4n) is 1.89. The predicted octanol–water partition coefficient (Wildman–Crippen LogP) is 1.01. The van der Waals surface area contributed by atoms with E-state index in [1.54, 1.807) is 11.8 Å². The molecule has 0 bridgehead atoms. The van der Waals surface area contributed by atoms with Crippen molar-refractivity contribution < 1.29 is 18.3 Å². The van der Waals surface area contributed by atoms with E-state index < -0.39 is 16.0 Å². The maximum Gasteiger partial charge on any atom is 0.303 e. The zero-order chi connectivity index (χ0) is 13.1. The Morgan fingerprint density at radius 3 is 2.35 bits per heavy atom. The van der Waals surface area contributed by atoms with Crippen molar-refractivity contribution in [2.75, 3.05) is 18.8 Å². The molecule has 0 aromatic rings. The highest BCUT2D eigenvalue weighted by molar-refractivity contribution is 8.00. The monoisotopic (exact) mass is 281 g/mol. The lowest BCUT2D eigenvalue weighted by molar-refractivity contribution is -0.137. The van der Waals surface area contributed by atoms with Crippen LogP contribution in [0.15, 0.2) is 0 Å². The van der Waals surface area contributed by atoms with Crippen LogP contribution in [-0.4, -0.2) is 53.1 Å². The van der Waals surface area contributed by atoms with Crippen molar-refractivity contribution in [3.63, 3.8) is 0 Å². The second-order valence-corrected chi connectivity index (χ2v) is 8.36. The number of hydrogen-bond acceptors (Lipinski definition) is 4. The van der Waals surface area contributed by atoms with Crippen LogP contribution in [-0.2, 0) is 14.8 Å². The van der Waals surface area contributed by atoms with Gasteiger partial charge in [0.1, 0.15) is 0 Å². The standard InChI is InChI=1S/C10H19NO4S2/c1-8-6-11(7-9(2)16-8)17(14,15)5-3-4-10(12)13/h8-9H,3-7H2,1-2H3,(H,12,13). The van der Waals surface area contributed by atoms with Crippen LogP contribution in [0.25, 0.3) is 0 Å². The summed E-state index contributed by atoms with van der Waals surface area (Å²) in [6, 6.07) is 0. The summed E-state index contributed by atoms with van der Waals surface area (Å²) in [7, 11) is -3.29. The summed E-state index contributed by atoms with van der Waals surface area (Å²) in [5.41, 5.74) is 0. The summed E-state index contributed by atoms with van der Waals surface area (Å²) in [5, 5.41) is 9.09. The summed E-state index contributed by atoms with van der Waals surface area (Å²) >= 11 is 1.79. The molecule has 1 aliphatic heterocycles. The number of thioether (sulfide) groups is 1. The molecule has 100 valence electrons. The van der Waals surface area contributed by atoms with Crippen molar-refractivity contribution >= 4 is 27.8 Å². The molecule has 0 aromatic carbocycles. The van der Waals surface area contributed by atoms with Gasteiger partial charge in [-0.2, -0.15) is 16.1 Å². The van der Waals surface area contributed by atoms with Gasteiger partial charge in [0, 0.05) is 30.0 Å². The largest absolute Gasteiger partial charge is 0.481 e. The Labute approximate surface area is 107 Å². The number of carbonyl (C=O) groups is 1. The molecule has 0 saturated carbocycles. The second kappa shape index (κ2) is 6.06. The van der Waals surface area contributed by atoms with Gasteiger partial charge in [-0.15, -0.1) is 0 Å². The Bertz CT molecular complexity index is 359. The highest BCUT2D eigenvalue weighted by Gasteiger charge is 2.30. The van der Waals surface area contributed by atoms with E-state index in [-0.39, 0.29) is 18.6 Å². The Kier molecular flexibility index (Phi) is 5.27. The minimum absolute atomic E-state index is 0.0661. The lowest BCUT2D eigenvalue weighted by Crippen LogP contribution is -2.44. The van der Waals surface area contributed by atoms with Crippen molar-refractivity contribution in [1.82, 2.24) is 4.31 Å². The third-order valence-electron chi connectivity index (χ3n) is 2.57. The highest BCUT2D eigenvalue weighted by Crippen LogP contribution is 2.26. The summed E-state index contributed by atoms with van der Waals surface area (Å²) in [6.45, 7) is 5.09. The summed E-state index contributed by atoms with van der Waals surface area (Å²) in [6.07, 6.45) is 0.0942. The quantitative estimate of drug-likeness (QED) is 0.814. The zero-order valence-corrected chi connectivity index (χ0v) is 11.8. The summed E-state index contributed by atoms with van der Waals surface area (Å²) < 4.78 is 25.5. The van der Waals surface area contributed by atoms with Gasteiger partial charge in [0.15, 0.2) is 0 Å². The lowest BCUT2D eigenvalue weighted by atomic mass is 10.3. The molecule has 0 aliphatic carbocycles. The van der Waals surface area contributed by atoms with Crippen molar-refractivity contribution in [2.45, 2.75) is 37.2 Å². The molecular formula is C10H19NO4S2. The lowest BCUT2D eigenvalue weighted by Gasteiger charge is -2.33. The molecule has 2 atom stereocenters. The van der Waals surface area contributed by atoms with Crippen LogP contribution in [0.2, 0.25) is 0 Å². The van der Waals surface area contributed by atoms with Crippen LogP contribution in [0.1, 0.15) is 26.7 Å². The van der Waals surface area contributed by atoms with Crippen molar-refractivity contribution in [3.05, 3.63) is 0 Å². The molecule has 1 heterocycles. The van der Waals surface area contributed by atoms with E-state index in [0.29, 0.717) is 23.6 Å². The van der Waals surface area contributed by atoms with Gasteiger partial charge >= 0.3 is 5.97 Å². The number of nitrogens with zero attached hydrogens (tertiary/aromatic N) is 1. The fraction of sp³-hybridized carbons (Fsp3) is 0.900. The maximum atomic E-state index is 12.0. The number of rotatable bonds is 5. The molecule has 1 aliphatic rings. The third kappa shape index (κ3) is 4.85. The van der Waals surface area contributed by atoms with Crippen LogP contribution in [0.3, 0.4) is 0 Å². The summed E-state index contributed by atoms with van der Waals surface area (Å²) in [5.74, 6) is -1.01. The molecular weight excluding hydrogens is 262 g/mol. The van der Waals surface area contributed by atoms with Gasteiger partial charge in [-0.3, -0.25) is 4.79 Å². The van der Waals surface area contributed by atoms with E-state index in [4.69, 9.17) is 5.11 Å². The first-order valence-electron chi connectivity index (χ1n) is 5.66. The second-order valence-electron chi connectivity index (χ2n) is 4.39. The molecule has 0 aromatic heterocycles. The average molecular weight is 281 g/mol. The topological polar surface area (TPSA) is 74.7 Å². The van der Waals surface area contributed by atoms with E-state index in [0.717, 1.165) is 0 Å². The smallest absolute Gasteiger partial charge is 0.303 e. The van der Waals surface area contributed by atoms with Crippen LogP contribution >= 0.6 is 11.8 Å². The SMILES string of the molecule is CC1CN(S(=O)(=O)CCCC(=O)O)CC(C)S1. The van der Waals surface area contributed by atoms with Crippen molar-refractivity contribution in [2.24, 2.45) is 0 Å². The Hall–Kier alpha value is -0.270. The van der Waals surface area contributed by atoms with Gasteiger partial charge in [0.2, 0.25) is 10.0 Å². The predicted molar refractivity (Wildman–Crippen MR) is 68.7 cm³/mol. The molecule has 0 amide bonds. The maximum absolute atomic E-state index is 12.0. The molecule has 1 saturated heterocycles. The van der Waals surface area contributed by atoms with E-state index in [2.05, 4.69) is 0 Å². The van der Waals surface area contributed by atoms with Gasteiger partial charge in [-0.05, 0) is 6.42 Å². The Morgan fingerprint density at radius 2 is 1.88 bits per heavy atom. The molecule has 0 spiro atoms. The minimum Gasteiger partial charge on any atom is -0.481 e. The first-order chi connectivity index (χ1) is 7.81. The zero-order valence-electron chi connectivity index (χ0n) is 10.1. The number of hydrogen-bond donors (Lipinski definition) is 1. The van der Waals surface area contributed by atoms with Crippen LogP contribution in [0, 0.1) is 0 Å². The van der Waals surface area contributed by atoms with E-state index in [1.807, 2.05) is 13.8 Å². The van der Waals surface area contributed by atoms with Gasteiger partial charge in [0.05, 0.1) is 5.75 Å². The van der Waals surface area contributed by atoms with E-state index >= 15 is 0 Å². The number of carboxylic acids is 1. The molecule has 7 heteroatoms. The third-order valence-corrected chi connectivity index (χ3v) is 5.69. The molecule has 1 fully saturated rings. The number of sulfonamides is 1. The molecule has 1 rings (SSSR count). The molecule has 17 heavy (non-hydrogen) atoms. The summed E-state index contributed by atoms with van der Waals surface area (Å²) in [4.78, 5) is 10.4. The van der Waals surface area contributed by atoms with Crippen LogP contribution < -0.4 is 0 Å². The van der Waals surface area contributed by atoms with Gasteiger partial charge in [0.25, 0.3) is 0 Å². The van der Waals surface area contributed by atoms with Gasteiger partial charge in [-0.25, -0.2) is 8.42 Å². The average Bonchev–Trinajstić information content (AvgIpc) is 2.14. The van der Waals surface area contributed by atoms with E-state index in [9.17, 15) is 13.2 Å². The van der Waals surface area contributed by atoms with Crippen LogP contribution in [0.5, 0.6) is 0 Å². The first kappa shape index (κ1) is 14.8. The van der Waals surface area contributed by atoms with Crippen LogP contribution in [0.4, 0.5) is 0 Å². The minimum atomic E-state index is -3.29. The molecule has 0 radical (unpaired) electrons. The Morgan fingerprint density at radius 1 is 1.35 bits per heavy atom. The molecule has 5 nitrogen and oxygen atoms in total. The molecule has 2 unspecified atom stereocenters. The number of carboxylic acid groups (broad SMARTS) is 1. The van der Waals surface area contributed by atoms with E-state index in [1.165, 1.54) is 4.31 Å². The first-order valence-corrected chi connectivity index (χ1v) is 8.21. The number of aliphatic carboxylic acids is 1. The molecule has 1 N–H and O–H groups in total. The van der Waals surface area contributed by atoms with Gasteiger partial charge in [-0.1, -0.05) is 13.8 Å². The highest BCUT2D eigenvalue weighted by atomic mass is 32.2.